The first-order valence-electron chi connectivity index (χ1n) is 6.16. The Balaban J connectivity index is 2.26. The van der Waals surface area contributed by atoms with Crippen molar-refractivity contribution in [3.05, 3.63) is 53.6 Å². The van der Waals surface area contributed by atoms with Crippen LogP contribution in [0.3, 0.4) is 0 Å². The van der Waals surface area contributed by atoms with Crippen LogP contribution in [-0.2, 0) is 40.5 Å². The Kier molecular flexibility index (Phi) is 3.73. The molecule has 3 rings (SSSR count). The Labute approximate surface area is 137 Å². The zero-order valence-corrected chi connectivity index (χ0v) is 13.8. The first-order valence-corrected chi connectivity index (χ1v) is 7.58. The van der Waals surface area contributed by atoms with Crippen molar-refractivity contribution in [1.29, 1.82) is 0 Å². The molecule has 0 unspecified atom stereocenters. The van der Waals surface area contributed by atoms with Crippen molar-refractivity contribution in [3.63, 3.8) is 0 Å². The zero-order valence-electron chi connectivity index (χ0n) is 10.9. The second kappa shape index (κ2) is 5.51. The van der Waals surface area contributed by atoms with Gasteiger partial charge in [-0.05, 0) is 0 Å². The second-order valence-corrected chi connectivity index (χ2v) is 6.08. The van der Waals surface area contributed by atoms with Crippen molar-refractivity contribution in [3.8, 4) is 11.5 Å². The average Bonchev–Trinajstić information content (AvgIpc) is 2.63. The fourth-order valence-corrected chi connectivity index (χ4v) is 2.86. The quantitative estimate of drug-likeness (QED) is 0.749. The molecular weight excluding hydrogens is 329 g/mol. The minimum absolute atomic E-state index is 0.355. The van der Waals surface area contributed by atoms with Crippen LogP contribution in [0, 0.1) is 0 Å². The Hall–Kier alpha value is -1.45. The summed E-state index contributed by atoms with van der Waals surface area (Å²) in [6.07, 6.45) is 1.84. The predicted octanol–water partition coefficient (Wildman–Crippen LogP) is 2.68. The number of carbonyl (C=O) groups is 1. The molecule has 1 heterocycles. The topological polar surface area (TPSA) is 35.5 Å². The molecule has 96 valence electrons. The first-order chi connectivity index (χ1) is 9.69. The van der Waals surface area contributed by atoms with E-state index in [9.17, 15) is 4.79 Å². The molecule has 0 spiro atoms. The van der Waals surface area contributed by atoms with Gasteiger partial charge in [0.25, 0.3) is 0 Å². The van der Waals surface area contributed by atoms with E-state index in [1.807, 2.05) is 48.5 Å². The summed E-state index contributed by atoms with van der Waals surface area (Å²) in [4.78, 5) is 12.0. The number of benzene rings is 2. The molecule has 1 aliphatic heterocycles. The molecule has 0 N–H and O–H groups in total. The normalized spacial score (nSPS) is 12.3. The van der Waals surface area contributed by atoms with Crippen molar-refractivity contribution in [1.82, 2.24) is 0 Å². The van der Waals surface area contributed by atoms with Crippen molar-refractivity contribution in [2.75, 3.05) is 7.11 Å². The van der Waals surface area contributed by atoms with Gasteiger partial charge in [-0.3, -0.25) is 0 Å². The van der Waals surface area contributed by atoms with Crippen LogP contribution in [-0.4, -0.2) is 13.1 Å². The van der Waals surface area contributed by atoms with Gasteiger partial charge in [-0.2, -0.15) is 0 Å². The van der Waals surface area contributed by atoms with Gasteiger partial charge in [-0.25, -0.2) is 0 Å². The van der Waals surface area contributed by atoms with Crippen LogP contribution in [0.2, 0.25) is 0 Å². The fraction of sp³-hybridized carbons (Fsp3) is 0.0625. The molecule has 20 heavy (non-hydrogen) atoms. The van der Waals surface area contributed by atoms with E-state index in [1.54, 1.807) is 0 Å². The van der Waals surface area contributed by atoms with Crippen molar-refractivity contribution < 1.29 is 45.2 Å². The fourth-order valence-electron chi connectivity index (χ4n) is 2.18. The number of rotatable bonds is 1. The minimum atomic E-state index is -0.355. The molecule has 0 bridgehead atoms. The molecule has 0 amide bonds. The van der Waals surface area contributed by atoms with E-state index in [1.165, 1.54) is 9.48 Å². The molecule has 0 aromatic heterocycles. The Morgan fingerprint density at radius 1 is 1.15 bits per heavy atom. The molecule has 4 heteroatoms. The van der Waals surface area contributed by atoms with E-state index >= 15 is 0 Å². The molecule has 0 atom stereocenters. The van der Waals surface area contributed by atoms with Crippen LogP contribution in [0.5, 0.6) is 11.5 Å². The molecule has 0 aliphatic carbocycles. The molecule has 3 nitrogen and oxygen atoms in total. The van der Waals surface area contributed by atoms with E-state index < -0.39 is 0 Å². The molecule has 1 aliphatic rings. The van der Waals surface area contributed by atoms with Gasteiger partial charge in [0, 0.05) is 0 Å². The third kappa shape index (κ3) is 2.44. The van der Waals surface area contributed by atoms with Gasteiger partial charge in [0.1, 0.15) is 0 Å². The van der Waals surface area contributed by atoms with E-state index in [0.717, 1.165) is 47.8 Å². The van der Waals surface area contributed by atoms with Gasteiger partial charge in [-0.15, -0.1) is 0 Å². The summed E-state index contributed by atoms with van der Waals surface area (Å²) < 4.78 is 12.1. The van der Waals surface area contributed by atoms with Gasteiger partial charge in [-0.1, -0.05) is 0 Å². The number of ether oxygens (including phenoxy) is 2. The third-order valence-electron chi connectivity index (χ3n) is 3.14. The summed E-state index contributed by atoms with van der Waals surface area (Å²) >= 11 is 1.02. The van der Waals surface area contributed by atoms with Crippen LogP contribution >= 0.6 is 0 Å². The third-order valence-corrected chi connectivity index (χ3v) is 4.02. The van der Waals surface area contributed by atoms with Crippen LogP contribution < -0.4 is 7.11 Å². The van der Waals surface area contributed by atoms with E-state index in [-0.39, 0.29) is 5.97 Å². The number of esters is 1. The SMILES string of the molecule is COC(=O)C1=Cc2c[c]([Y])ccc2Oc2ccccc21. The summed E-state index contributed by atoms with van der Waals surface area (Å²) in [5, 5.41) is 0. The van der Waals surface area contributed by atoms with Crippen molar-refractivity contribution in [2.45, 2.75) is 0 Å². The van der Waals surface area contributed by atoms with Crippen LogP contribution in [0.4, 0.5) is 0 Å². The number of methoxy groups -OCH3 is 1. The Morgan fingerprint density at radius 3 is 2.75 bits per heavy atom. The number of hydrogen-bond donors (Lipinski definition) is 0. The van der Waals surface area contributed by atoms with Crippen molar-refractivity contribution >= 4 is 20.0 Å². The van der Waals surface area contributed by atoms with Crippen molar-refractivity contribution in [2.24, 2.45) is 0 Å². The van der Waals surface area contributed by atoms with E-state index in [0.29, 0.717) is 11.3 Å². The standard InChI is InChI=1S/C16H11O3.Y/c1-18-16(17)13-10-11-6-2-4-8-14(11)19-15-9-5-3-7-12(13)15;/h3-10H,1H3;. The number of fused-ring (bicyclic) bond motifs is 2. The molecule has 2 aromatic rings. The average molecular weight is 340 g/mol. The van der Waals surface area contributed by atoms with Gasteiger partial charge < -0.3 is 0 Å². The molecular formula is C16H11O3Y. The first kappa shape index (κ1) is 13.5. The zero-order chi connectivity index (χ0) is 14.1. The summed E-state index contributed by atoms with van der Waals surface area (Å²) in [6, 6.07) is 13.5. The number of para-hydroxylation sites is 1. The monoisotopic (exact) mass is 340 g/mol. The summed E-state index contributed by atoms with van der Waals surface area (Å²) in [7, 11) is 1.39. The summed E-state index contributed by atoms with van der Waals surface area (Å²) in [5.41, 5.74) is 2.18. The Bertz CT molecular complexity index is 719. The summed E-state index contributed by atoms with van der Waals surface area (Å²) in [6.45, 7) is 0. The van der Waals surface area contributed by atoms with Crippen LogP contribution in [0.1, 0.15) is 11.1 Å². The summed E-state index contributed by atoms with van der Waals surface area (Å²) in [5.74, 6) is 1.07. The van der Waals surface area contributed by atoms with E-state index in [4.69, 9.17) is 9.47 Å². The number of carbonyl (C=O) groups excluding carboxylic acids is 1. The van der Waals surface area contributed by atoms with Gasteiger partial charge in [0.05, 0.1) is 0 Å². The molecule has 0 radical (unpaired) electrons. The molecule has 0 fully saturated rings. The molecule has 0 saturated heterocycles. The van der Waals surface area contributed by atoms with Crippen LogP contribution in [0.15, 0.2) is 42.5 Å². The van der Waals surface area contributed by atoms with Gasteiger partial charge in [0.2, 0.25) is 0 Å². The maximum atomic E-state index is 12.0. The van der Waals surface area contributed by atoms with Crippen LogP contribution in [0.25, 0.3) is 11.6 Å². The second-order valence-electron chi connectivity index (χ2n) is 4.45. The number of hydrogen-bond acceptors (Lipinski definition) is 3. The maximum absolute atomic E-state index is 12.0. The molecule has 0 saturated carbocycles. The van der Waals surface area contributed by atoms with E-state index in [2.05, 4.69) is 0 Å². The van der Waals surface area contributed by atoms with Gasteiger partial charge in [0.15, 0.2) is 0 Å². The predicted molar refractivity (Wildman–Crippen MR) is 72.5 cm³/mol. The Morgan fingerprint density at radius 2 is 1.95 bits per heavy atom. The van der Waals surface area contributed by atoms with Gasteiger partial charge >= 0.3 is 137 Å². The molecule has 2 aromatic carbocycles.